The van der Waals surface area contributed by atoms with Gasteiger partial charge in [-0.25, -0.2) is 0 Å². The van der Waals surface area contributed by atoms with Crippen LogP contribution in [0.3, 0.4) is 0 Å². The van der Waals surface area contributed by atoms with E-state index in [4.69, 9.17) is 14.2 Å². The number of nitrogens with zero attached hydrogens (tertiary/aromatic N) is 1. The molecule has 1 fully saturated rings. The molecule has 0 unspecified atom stereocenters. The molecule has 1 amide bonds. The molecule has 112 valence electrons. The van der Waals surface area contributed by atoms with Gasteiger partial charge in [0, 0.05) is 26.7 Å². The predicted octanol–water partition coefficient (Wildman–Crippen LogP) is -0.122. The summed E-state index contributed by atoms with van der Waals surface area (Å²) in [4.78, 5) is 13.6. The predicted molar refractivity (Wildman–Crippen MR) is 72.2 cm³/mol. The minimum absolute atomic E-state index is 0.195. The van der Waals surface area contributed by atoms with E-state index in [2.05, 4.69) is 5.32 Å². The Balaban J connectivity index is 1.79. The number of amides is 1. The van der Waals surface area contributed by atoms with Crippen LogP contribution in [-0.2, 0) is 19.0 Å². The zero-order valence-corrected chi connectivity index (χ0v) is 11.9. The van der Waals surface area contributed by atoms with Crippen LogP contribution in [0.15, 0.2) is 0 Å². The summed E-state index contributed by atoms with van der Waals surface area (Å²) in [5.41, 5.74) is 0. The van der Waals surface area contributed by atoms with Gasteiger partial charge in [-0.1, -0.05) is 0 Å². The van der Waals surface area contributed by atoms with Crippen LogP contribution in [0.4, 0.5) is 0 Å². The quantitative estimate of drug-likeness (QED) is 0.532. The van der Waals surface area contributed by atoms with E-state index in [1.165, 1.54) is 0 Å². The van der Waals surface area contributed by atoms with E-state index in [9.17, 15) is 4.79 Å². The fourth-order valence-electron chi connectivity index (χ4n) is 1.88. The number of methoxy groups -OCH3 is 1. The van der Waals surface area contributed by atoms with Crippen molar-refractivity contribution in [3.8, 4) is 0 Å². The van der Waals surface area contributed by atoms with Crippen molar-refractivity contribution in [3.63, 3.8) is 0 Å². The summed E-state index contributed by atoms with van der Waals surface area (Å²) in [6.45, 7) is 5.89. The molecular formula is C13H26N2O4. The molecule has 6 heteroatoms. The molecule has 1 aliphatic rings. The average Bonchev–Trinajstić information content (AvgIpc) is 2.95. The minimum Gasteiger partial charge on any atom is -0.382 e. The van der Waals surface area contributed by atoms with Crippen molar-refractivity contribution >= 4 is 5.91 Å². The molecule has 0 aromatic carbocycles. The van der Waals surface area contributed by atoms with Crippen LogP contribution in [0, 0.1) is 0 Å². The van der Waals surface area contributed by atoms with E-state index in [0.717, 1.165) is 25.9 Å². The molecule has 0 aromatic heterocycles. The summed E-state index contributed by atoms with van der Waals surface area (Å²) in [5, 5.41) is 3.10. The van der Waals surface area contributed by atoms with Crippen LogP contribution in [0.1, 0.15) is 12.8 Å². The Kier molecular flexibility index (Phi) is 9.61. The third kappa shape index (κ3) is 8.15. The van der Waals surface area contributed by atoms with Crippen molar-refractivity contribution in [1.82, 2.24) is 10.2 Å². The fourth-order valence-corrected chi connectivity index (χ4v) is 1.88. The monoisotopic (exact) mass is 274 g/mol. The van der Waals surface area contributed by atoms with E-state index in [1.807, 2.05) is 4.90 Å². The van der Waals surface area contributed by atoms with Gasteiger partial charge in [0.15, 0.2) is 0 Å². The van der Waals surface area contributed by atoms with Crippen LogP contribution >= 0.6 is 0 Å². The van der Waals surface area contributed by atoms with Crippen LogP contribution in [-0.4, -0.2) is 77.1 Å². The lowest BCUT2D eigenvalue weighted by atomic mass is 10.4. The van der Waals surface area contributed by atoms with Gasteiger partial charge in [-0.2, -0.15) is 0 Å². The molecule has 0 bridgehead atoms. The Labute approximate surface area is 115 Å². The maximum atomic E-state index is 11.7. The second kappa shape index (κ2) is 11.2. The number of hydrogen-bond donors (Lipinski definition) is 1. The molecule has 1 N–H and O–H groups in total. The third-order valence-corrected chi connectivity index (χ3v) is 2.96. The number of rotatable bonds is 11. The van der Waals surface area contributed by atoms with Crippen molar-refractivity contribution in [2.45, 2.75) is 12.8 Å². The third-order valence-electron chi connectivity index (χ3n) is 2.96. The summed E-state index contributed by atoms with van der Waals surface area (Å²) in [6, 6.07) is 0. The first-order chi connectivity index (χ1) is 9.34. The van der Waals surface area contributed by atoms with E-state index in [-0.39, 0.29) is 5.91 Å². The normalized spacial score (nSPS) is 15.1. The minimum atomic E-state index is 0.195. The second-order valence-electron chi connectivity index (χ2n) is 4.48. The van der Waals surface area contributed by atoms with Gasteiger partial charge in [-0.15, -0.1) is 0 Å². The highest BCUT2D eigenvalue weighted by Gasteiger charge is 2.16. The van der Waals surface area contributed by atoms with Crippen LogP contribution in [0.5, 0.6) is 0 Å². The number of hydrogen-bond acceptors (Lipinski definition) is 5. The molecule has 0 atom stereocenters. The van der Waals surface area contributed by atoms with Gasteiger partial charge in [0.2, 0.25) is 5.91 Å². The van der Waals surface area contributed by atoms with Gasteiger partial charge in [-0.3, -0.25) is 4.79 Å². The Bertz CT molecular complexity index is 233. The molecule has 0 saturated carbocycles. The molecule has 0 radical (unpaired) electrons. The molecule has 0 spiro atoms. The van der Waals surface area contributed by atoms with E-state index < -0.39 is 0 Å². The average molecular weight is 274 g/mol. The lowest BCUT2D eigenvalue weighted by Crippen LogP contribution is -2.37. The lowest BCUT2D eigenvalue weighted by Gasteiger charge is -2.15. The summed E-state index contributed by atoms with van der Waals surface area (Å²) >= 11 is 0. The van der Waals surface area contributed by atoms with Gasteiger partial charge in [0.1, 0.15) is 0 Å². The molecule has 19 heavy (non-hydrogen) atoms. The SMILES string of the molecule is COCCOCCOCCNCC(=O)N1CCCC1. The number of carbonyl (C=O) groups excluding carboxylic acids is 1. The number of likely N-dealkylation sites (tertiary alicyclic amines) is 1. The topological polar surface area (TPSA) is 60.0 Å². The van der Waals surface area contributed by atoms with Gasteiger partial charge in [0.25, 0.3) is 0 Å². The highest BCUT2D eigenvalue weighted by Crippen LogP contribution is 2.06. The van der Waals surface area contributed by atoms with E-state index in [1.54, 1.807) is 7.11 Å². The first-order valence-electron chi connectivity index (χ1n) is 6.97. The summed E-state index contributed by atoms with van der Waals surface area (Å²) < 4.78 is 15.5. The van der Waals surface area contributed by atoms with Crippen molar-refractivity contribution in [1.29, 1.82) is 0 Å². The molecular weight excluding hydrogens is 248 g/mol. The van der Waals surface area contributed by atoms with Crippen LogP contribution < -0.4 is 5.32 Å². The highest BCUT2D eigenvalue weighted by molar-refractivity contribution is 5.78. The maximum Gasteiger partial charge on any atom is 0.236 e. The second-order valence-corrected chi connectivity index (χ2v) is 4.48. The largest absolute Gasteiger partial charge is 0.382 e. The Morgan fingerprint density at radius 2 is 1.68 bits per heavy atom. The van der Waals surface area contributed by atoms with Gasteiger partial charge in [-0.05, 0) is 12.8 Å². The molecule has 6 nitrogen and oxygen atoms in total. The summed E-state index contributed by atoms with van der Waals surface area (Å²) in [5.74, 6) is 0.195. The molecule has 1 heterocycles. The highest BCUT2D eigenvalue weighted by atomic mass is 16.5. The van der Waals surface area contributed by atoms with E-state index in [0.29, 0.717) is 46.1 Å². The van der Waals surface area contributed by atoms with E-state index >= 15 is 0 Å². The van der Waals surface area contributed by atoms with Gasteiger partial charge >= 0.3 is 0 Å². The van der Waals surface area contributed by atoms with Crippen molar-refractivity contribution in [2.75, 3.05) is 66.3 Å². The fraction of sp³-hybridized carbons (Fsp3) is 0.923. The van der Waals surface area contributed by atoms with Crippen molar-refractivity contribution < 1.29 is 19.0 Å². The first kappa shape index (κ1) is 16.4. The molecule has 0 aromatic rings. The maximum absolute atomic E-state index is 11.7. The van der Waals surface area contributed by atoms with Crippen molar-refractivity contribution in [3.05, 3.63) is 0 Å². The van der Waals surface area contributed by atoms with Crippen molar-refractivity contribution in [2.24, 2.45) is 0 Å². The number of nitrogens with one attached hydrogen (secondary N) is 1. The smallest absolute Gasteiger partial charge is 0.236 e. The van der Waals surface area contributed by atoms with Gasteiger partial charge < -0.3 is 24.4 Å². The number of carbonyl (C=O) groups is 1. The molecule has 0 aliphatic carbocycles. The Morgan fingerprint density at radius 3 is 2.37 bits per heavy atom. The molecule has 1 rings (SSSR count). The standard InChI is InChI=1S/C13H26N2O4/c1-17-8-9-19-11-10-18-7-4-14-12-13(16)15-5-2-3-6-15/h14H,2-12H2,1H3. The first-order valence-corrected chi connectivity index (χ1v) is 6.97. The molecule has 1 saturated heterocycles. The molecule has 1 aliphatic heterocycles. The Hall–Kier alpha value is -0.690. The van der Waals surface area contributed by atoms with Crippen LogP contribution in [0.25, 0.3) is 0 Å². The summed E-state index contributed by atoms with van der Waals surface area (Å²) in [6.07, 6.45) is 2.27. The Morgan fingerprint density at radius 1 is 1.05 bits per heavy atom. The summed E-state index contributed by atoms with van der Waals surface area (Å²) in [7, 11) is 1.65. The van der Waals surface area contributed by atoms with Gasteiger partial charge in [0.05, 0.1) is 39.6 Å². The number of ether oxygens (including phenoxy) is 3. The zero-order valence-electron chi connectivity index (χ0n) is 11.9. The van der Waals surface area contributed by atoms with Crippen LogP contribution in [0.2, 0.25) is 0 Å². The lowest BCUT2D eigenvalue weighted by molar-refractivity contribution is -0.129. The zero-order chi connectivity index (χ0) is 13.8.